The molecule has 4 nitrogen and oxygen atoms in total. The third-order valence-electron chi connectivity index (χ3n) is 2.83. The van der Waals surface area contributed by atoms with E-state index in [1.807, 2.05) is 0 Å². The van der Waals surface area contributed by atoms with Crippen LogP contribution in [0.25, 0.3) is 0 Å². The smallest absolute Gasteiger partial charge is 0.243 e. The van der Waals surface area contributed by atoms with Crippen molar-refractivity contribution >= 4 is 44.8 Å². The lowest BCUT2D eigenvalue weighted by Gasteiger charge is -2.18. The predicted octanol–water partition coefficient (Wildman–Crippen LogP) is 3.86. The summed E-state index contributed by atoms with van der Waals surface area (Å²) >= 11 is 17.6. The molecule has 1 aromatic carbocycles. The Kier molecular flexibility index (Phi) is 5.11. The highest BCUT2D eigenvalue weighted by molar-refractivity contribution is 7.89. The minimum atomic E-state index is -3.67. The van der Waals surface area contributed by atoms with Gasteiger partial charge in [-0.1, -0.05) is 46.9 Å². The molecule has 1 aromatic heterocycles. The Hall–Kier alpha value is -0.850. The topological polar surface area (TPSA) is 50.3 Å². The third-order valence-corrected chi connectivity index (χ3v) is 5.70. The first-order chi connectivity index (χ1) is 9.82. The van der Waals surface area contributed by atoms with Crippen LogP contribution in [0.4, 0.5) is 0 Å². The Morgan fingerprint density at radius 2 is 1.86 bits per heavy atom. The summed E-state index contributed by atoms with van der Waals surface area (Å²) in [6.07, 6.45) is 1.22. The fraction of sp³-hybridized carbons (Fsp3) is 0.154. The number of sulfonamides is 1. The van der Waals surface area contributed by atoms with Crippen molar-refractivity contribution in [2.24, 2.45) is 0 Å². The van der Waals surface area contributed by atoms with E-state index in [1.54, 1.807) is 18.2 Å². The molecule has 2 rings (SSSR count). The number of nitrogens with zero attached hydrogens (tertiary/aromatic N) is 2. The lowest BCUT2D eigenvalue weighted by Crippen LogP contribution is -2.26. The highest BCUT2D eigenvalue weighted by atomic mass is 35.5. The van der Waals surface area contributed by atoms with Crippen molar-refractivity contribution in [3.05, 3.63) is 57.3 Å². The average Bonchev–Trinajstić information content (AvgIpc) is 2.44. The van der Waals surface area contributed by atoms with Crippen molar-refractivity contribution < 1.29 is 8.42 Å². The van der Waals surface area contributed by atoms with Gasteiger partial charge in [0, 0.05) is 19.8 Å². The van der Waals surface area contributed by atoms with Gasteiger partial charge >= 0.3 is 0 Å². The monoisotopic (exact) mass is 364 g/mol. The summed E-state index contributed by atoms with van der Waals surface area (Å²) in [5.41, 5.74) is 0.622. The van der Waals surface area contributed by atoms with Gasteiger partial charge in [0.15, 0.2) is 0 Å². The molecule has 0 spiro atoms. The average molecular weight is 366 g/mol. The number of pyridine rings is 1. The maximum absolute atomic E-state index is 12.4. The van der Waals surface area contributed by atoms with Crippen molar-refractivity contribution in [1.29, 1.82) is 0 Å². The van der Waals surface area contributed by atoms with Crippen molar-refractivity contribution in [3.8, 4) is 0 Å². The number of aromatic nitrogens is 1. The minimum absolute atomic E-state index is 0.0625. The Morgan fingerprint density at radius 1 is 1.14 bits per heavy atom. The molecule has 112 valence electrons. The molecule has 0 amide bonds. The van der Waals surface area contributed by atoms with Crippen molar-refractivity contribution in [3.63, 3.8) is 0 Å². The van der Waals surface area contributed by atoms with Crippen LogP contribution < -0.4 is 0 Å². The largest absolute Gasteiger partial charge is 0.244 e. The van der Waals surface area contributed by atoms with Gasteiger partial charge in [-0.2, -0.15) is 4.31 Å². The fourth-order valence-electron chi connectivity index (χ4n) is 1.69. The first-order valence-electron chi connectivity index (χ1n) is 5.83. The number of hydrogen-bond acceptors (Lipinski definition) is 3. The summed E-state index contributed by atoms with van der Waals surface area (Å²) < 4.78 is 26.0. The molecule has 2 aromatic rings. The van der Waals surface area contributed by atoms with E-state index in [-0.39, 0.29) is 16.6 Å². The molecule has 0 aliphatic heterocycles. The van der Waals surface area contributed by atoms with Gasteiger partial charge in [-0.25, -0.2) is 13.4 Å². The van der Waals surface area contributed by atoms with Gasteiger partial charge in [0.05, 0.1) is 10.0 Å². The van der Waals surface area contributed by atoms with Gasteiger partial charge in [0.2, 0.25) is 10.0 Å². The van der Waals surface area contributed by atoms with Gasteiger partial charge in [-0.15, -0.1) is 0 Å². The summed E-state index contributed by atoms with van der Waals surface area (Å²) in [6, 6.07) is 7.91. The third kappa shape index (κ3) is 3.67. The molecule has 0 aliphatic carbocycles. The molecule has 0 saturated carbocycles. The molecular weight excluding hydrogens is 355 g/mol. The van der Waals surface area contributed by atoms with E-state index in [0.717, 1.165) is 0 Å². The molecule has 0 saturated heterocycles. The van der Waals surface area contributed by atoms with Gasteiger partial charge in [-0.05, 0) is 23.8 Å². The summed E-state index contributed by atoms with van der Waals surface area (Å²) in [6.45, 7) is 0.102. The molecule has 8 heteroatoms. The van der Waals surface area contributed by atoms with E-state index in [9.17, 15) is 8.42 Å². The standard InChI is InChI=1S/C13H11Cl3N2O2S/c1-18(8-9-3-2-4-11(14)13(9)16)21(19,20)10-5-6-12(15)17-7-10/h2-7H,8H2,1H3. The molecule has 0 atom stereocenters. The Balaban J connectivity index is 2.28. The normalized spacial score (nSPS) is 11.9. The van der Waals surface area contributed by atoms with E-state index < -0.39 is 10.0 Å². The quantitative estimate of drug-likeness (QED) is 0.773. The van der Waals surface area contributed by atoms with Gasteiger partial charge in [-0.3, -0.25) is 0 Å². The van der Waals surface area contributed by atoms with Crippen LogP contribution in [0.2, 0.25) is 15.2 Å². The first-order valence-corrected chi connectivity index (χ1v) is 8.40. The van der Waals surface area contributed by atoms with E-state index in [2.05, 4.69) is 4.98 Å². The van der Waals surface area contributed by atoms with Crippen LogP contribution in [0.1, 0.15) is 5.56 Å². The molecule has 21 heavy (non-hydrogen) atoms. The highest BCUT2D eigenvalue weighted by Crippen LogP contribution is 2.27. The van der Waals surface area contributed by atoms with Crippen LogP contribution in [0.5, 0.6) is 0 Å². The van der Waals surface area contributed by atoms with Gasteiger partial charge < -0.3 is 0 Å². The van der Waals surface area contributed by atoms with Gasteiger partial charge in [0.1, 0.15) is 10.0 Å². The predicted molar refractivity (Wildman–Crippen MR) is 84.4 cm³/mol. The SMILES string of the molecule is CN(Cc1cccc(Cl)c1Cl)S(=O)(=O)c1ccc(Cl)nc1. The lowest BCUT2D eigenvalue weighted by molar-refractivity contribution is 0.466. The maximum atomic E-state index is 12.4. The second-order valence-electron chi connectivity index (χ2n) is 4.29. The number of benzene rings is 1. The molecule has 0 fully saturated rings. The molecular formula is C13H11Cl3N2O2S. The van der Waals surface area contributed by atoms with Crippen LogP contribution in [0, 0.1) is 0 Å². The summed E-state index contributed by atoms with van der Waals surface area (Å²) in [5, 5.41) is 0.957. The molecule has 0 unspecified atom stereocenters. The zero-order valence-electron chi connectivity index (χ0n) is 10.9. The number of halogens is 3. The van der Waals surface area contributed by atoms with Crippen LogP contribution in [0.3, 0.4) is 0 Å². The van der Waals surface area contributed by atoms with Crippen LogP contribution in [-0.4, -0.2) is 24.8 Å². The van der Waals surface area contributed by atoms with Crippen LogP contribution >= 0.6 is 34.8 Å². The van der Waals surface area contributed by atoms with Crippen LogP contribution in [0.15, 0.2) is 41.4 Å². The fourth-order valence-corrected chi connectivity index (χ4v) is 3.28. The summed E-state index contributed by atoms with van der Waals surface area (Å²) in [4.78, 5) is 3.84. The number of rotatable bonds is 4. The zero-order chi connectivity index (χ0) is 15.6. The second kappa shape index (κ2) is 6.50. The summed E-state index contributed by atoms with van der Waals surface area (Å²) in [5.74, 6) is 0. The van der Waals surface area contributed by atoms with Crippen molar-refractivity contribution in [1.82, 2.24) is 9.29 Å². The lowest BCUT2D eigenvalue weighted by atomic mass is 10.2. The second-order valence-corrected chi connectivity index (χ2v) is 7.51. The van der Waals surface area contributed by atoms with Crippen LogP contribution in [-0.2, 0) is 16.6 Å². The van der Waals surface area contributed by atoms with Gasteiger partial charge in [0.25, 0.3) is 0 Å². The highest BCUT2D eigenvalue weighted by Gasteiger charge is 2.22. The summed E-state index contributed by atoms with van der Waals surface area (Å²) in [7, 11) is -2.21. The van der Waals surface area contributed by atoms with Crippen molar-refractivity contribution in [2.45, 2.75) is 11.4 Å². The molecule has 1 heterocycles. The van der Waals surface area contributed by atoms with E-state index >= 15 is 0 Å². The minimum Gasteiger partial charge on any atom is -0.243 e. The number of hydrogen-bond donors (Lipinski definition) is 0. The molecule has 0 bridgehead atoms. The Morgan fingerprint density at radius 3 is 2.48 bits per heavy atom. The molecule has 0 N–H and O–H groups in total. The molecule has 0 aliphatic rings. The Labute approximate surface area is 138 Å². The van der Waals surface area contributed by atoms with E-state index in [0.29, 0.717) is 15.6 Å². The van der Waals surface area contributed by atoms with E-state index in [1.165, 1.54) is 29.7 Å². The molecule has 0 radical (unpaired) electrons. The maximum Gasteiger partial charge on any atom is 0.244 e. The first kappa shape index (κ1) is 16.5. The van der Waals surface area contributed by atoms with Crippen molar-refractivity contribution in [2.75, 3.05) is 7.05 Å². The van der Waals surface area contributed by atoms with E-state index in [4.69, 9.17) is 34.8 Å². The Bertz CT molecular complexity index is 749. The zero-order valence-corrected chi connectivity index (χ0v) is 14.0.